The molecule has 1 aromatic carbocycles. The Morgan fingerprint density at radius 1 is 1.14 bits per heavy atom. The van der Waals surface area contributed by atoms with E-state index in [4.69, 9.17) is 0 Å². The number of benzene rings is 1. The van der Waals surface area contributed by atoms with Crippen molar-refractivity contribution >= 4 is 11.8 Å². The predicted octanol–water partition coefficient (Wildman–Crippen LogP) is 3.31. The number of hydrogen-bond acceptors (Lipinski definition) is 5. The maximum absolute atomic E-state index is 12.3. The average Bonchev–Trinajstić information content (AvgIpc) is 3.33. The summed E-state index contributed by atoms with van der Waals surface area (Å²) in [6, 6.07) is 10.00. The van der Waals surface area contributed by atoms with Crippen molar-refractivity contribution in [3.63, 3.8) is 0 Å². The largest absolute Gasteiger partial charge is 0.469 e. The Hall–Kier alpha value is -1.72. The van der Waals surface area contributed by atoms with E-state index >= 15 is 0 Å². The molecule has 3 rings (SSSR count). The molecular weight excluding hydrogens is 368 g/mol. The third kappa shape index (κ3) is 5.67. The van der Waals surface area contributed by atoms with Gasteiger partial charge >= 0.3 is 5.97 Å². The number of methoxy groups -OCH3 is 1. The number of Topliss-reactive ketones (excluding diaryl/α,β-unsaturated/α-hetero) is 1. The number of fused-ring (bicyclic) bond motifs is 1. The van der Waals surface area contributed by atoms with Gasteiger partial charge in [-0.15, -0.1) is 0 Å². The summed E-state index contributed by atoms with van der Waals surface area (Å²) in [6.07, 6.45) is 5.47. The predicted molar refractivity (Wildman–Crippen MR) is 110 cm³/mol. The van der Waals surface area contributed by atoms with Crippen LogP contribution in [0.5, 0.6) is 0 Å². The van der Waals surface area contributed by atoms with Gasteiger partial charge in [0.05, 0.1) is 19.3 Å². The van der Waals surface area contributed by atoms with Crippen molar-refractivity contribution in [2.24, 2.45) is 23.7 Å². The molecule has 5 heteroatoms. The number of esters is 1. The van der Waals surface area contributed by atoms with Gasteiger partial charge in [-0.1, -0.05) is 49.6 Å². The maximum atomic E-state index is 12.3. The lowest BCUT2D eigenvalue weighted by atomic mass is 9.89. The van der Waals surface area contributed by atoms with Gasteiger partial charge in [-0.2, -0.15) is 0 Å². The number of ether oxygens (including phenoxy) is 1. The molecule has 0 amide bonds. The van der Waals surface area contributed by atoms with Gasteiger partial charge in [0.25, 0.3) is 0 Å². The molecule has 0 spiro atoms. The van der Waals surface area contributed by atoms with Crippen LogP contribution in [0.2, 0.25) is 0 Å². The molecule has 2 fully saturated rings. The first-order valence-electron chi connectivity index (χ1n) is 11.0. The molecule has 0 aliphatic heterocycles. The number of hydrogen-bond donors (Lipinski definition) is 2. The molecule has 5 nitrogen and oxygen atoms in total. The second-order valence-corrected chi connectivity index (χ2v) is 8.71. The molecule has 160 valence electrons. The Balaban J connectivity index is 1.38. The van der Waals surface area contributed by atoms with Gasteiger partial charge in [-0.05, 0) is 49.0 Å². The molecule has 0 bridgehead atoms. The van der Waals surface area contributed by atoms with Crippen LogP contribution in [0.25, 0.3) is 0 Å². The van der Waals surface area contributed by atoms with Crippen molar-refractivity contribution in [3.05, 3.63) is 35.9 Å². The lowest BCUT2D eigenvalue weighted by Crippen LogP contribution is -2.32. The zero-order valence-corrected chi connectivity index (χ0v) is 17.3. The van der Waals surface area contributed by atoms with E-state index in [9.17, 15) is 19.8 Å². The van der Waals surface area contributed by atoms with Gasteiger partial charge in [-0.3, -0.25) is 9.59 Å². The summed E-state index contributed by atoms with van der Waals surface area (Å²) in [7, 11) is 1.41. The molecule has 0 saturated heterocycles. The molecule has 2 saturated carbocycles. The number of rotatable bonds is 12. The standard InChI is InChI=1S/C24H34O5/c1-29-21(27)12-8-3-2-7-11-17-20(26)15-18-22(17)23(18)24(28)19(25)14-13-16-9-5-4-6-10-16/h4-6,9-10,17-19,22-25,28H,2-3,7-8,11-15H2,1H3. The summed E-state index contributed by atoms with van der Waals surface area (Å²) < 4.78 is 4.64. The van der Waals surface area contributed by atoms with E-state index in [0.717, 1.165) is 44.1 Å². The van der Waals surface area contributed by atoms with E-state index in [2.05, 4.69) is 4.74 Å². The highest BCUT2D eigenvalue weighted by atomic mass is 16.5. The molecule has 0 heterocycles. The van der Waals surface area contributed by atoms with E-state index in [1.54, 1.807) is 0 Å². The van der Waals surface area contributed by atoms with Crippen molar-refractivity contribution in [2.45, 2.75) is 70.0 Å². The first-order valence-corrected chi connectivity index (χ1v) is 11.0. The number of aliphatic hydroxyl groups is 2. The molecule has 0 aromatic heterocycles. The minimum atomic E-state index is -0.736. The molecule has 29 heavy (non-hydrogen) atoms. The molecular formula is C24H34O5. The first-order chi connectivity index (χ1) is 14.0. The molecule has 2 aliphatic carbocycles. The van der Waals surface area contributed by atoms with E-state index in [1.165, 1.54) is 7.11 Å². The van der Waals surface area contributed by atoms with Crippen molar-refractivity contribution < 1.29 is 24.5 Å². The molecule has 2 N–H and O–H groups in total. The number of unbranched alkanes of at least 4 members (excludes halogenated alkanes) is 3. The summed E-state index contributed by atoms with van der Waals surface area (Å²) in [6.45, 7) is 0. The number of aliphatic hydroxyl groups excluding tert-OH is 2. The third-order valence-electron chi connectivity index (χ3n) is 6.84. The highest BCUT2D eigenvalue weighted by molar-refractivity contribution is 5.85. The Kier molecular flexibility index (Phi) is 7.84. The van der Waals surface area contributed by atoms with Gasteiger partial charge in [0, 0.05) is 18.8 Å². The minimum absolute atomic E-state index is 0.0431. The Morgan fingerprint density at radius 3 is 2.59 bits per heavy atom. The Morgan fingerprint density at radius 2 is 1.86 bits per heavy atom. The van der Waals surface area contributed by atoms with Crippen molar-refractivity contribution in [2.75, 3.05) is 7.11 Å². The fraction of sp³-hybridized carbons (Fsp3) is 0.667. The van der Waals surface area contributed by atoms with E-state index in [-0.39, 0.29) is 29.6 Å². The lowest BCUT2D eigenvalue weighted by Gasteiger charge is -2.21. The summed E-state index contributed by atoms with van der Waals surface area (Å²) in [5.41, 5.74) is 1.16. The number of aryl methyl sites for hydroxylation is 1. The number of ketones is 1. The van der Waals surface area contributed by atoms with Gasteiger partial charge < -0.3 is 14.9 Å². The summed E-state index contributed by atoms with van der Waals surface area (Å²) in [5.74, 6) is 0.785. The Labute approximate surface area is 173 Å². The monoisotopic (exact) mass is 402 g/mol. The van der Waals surface area contributed by atoms with Crippen LogP contribution in [-0.4, -0.2) is 41.3 Å². The third-order valence-corrected chi connectivity index (χ3v) is 6.84. The summed E-state index contributed by atoms with van der Waals surface area (Å²) >= 11 is 0. The maximum Gasteiger partial charge on any atom is 0.305 e. The van der Waals surface area contributed by atoms with Gasteiger partial charge in [0.1, 0.15) is 5.78 Å². The molecule has 6 atom stereocenters. The summed E-state index contributed by atoms with van der Waals surface area (Å²) in [5, 5.41) is 21.1. The normalized spacial score (nSPS) is 27.3. The fourth-order valence-corrected chi connectivity index (χ4v) is 5.18. The fourth-order valence-electron chi connectivity index (χ4n) is 5.18. The van der Waals surface area contributed by atoms with Crippen LogP contribution in [0, 0.1) is 23.7 Å². The lowest BCUT2D eigenvalue weighted by molar-refractivity contribution is -0.140. The van der Waals surface area contributed by atoms with Crippen LogP contribution in [-0.2, 0) is 20.7 Å². The van der Waals surface area contributed by atoms with E-state index in [0.29, 0.717) is 25.0 Å². The molecule has 6 unspecified atom stereocenters. The van der Waals surface area contributed by atoms with Gasteiger partial charge in [-0.25, -0.2) is 0 Å². The van der Waals surface area contributed by atoms with Crippen LogP contribution in [0.4, 0.5) is 0 Å². The van der Waals surface area contributed by atoms with E-state index in [1.807, 2.05) is 30.3 Å². The molecule has 0 radical (unpaired) electrons. The van der Waals surface area contributed by atoms with Crippen molar-refractivity contribution in [1.82, 2.24) is 0 Å². The zero-order chi connectivity index (χ0) is 20.8. The minimum Gasteiger partial charge on any atom is -0.469 e. The smallest absolute Gasteiger partial charge is 0.305 e. The second kappa shape index (κ2) is 10.4. The van der Waals surface area contributed by atoms with Crippen molar-refractivity contribution in [3.8, 4) is 0 Å². The SMILES string of the molecule is COC(=O)CCCCCCC1C(=O)CC2C1C2C(O)C(O)CCc1ccccc1. The highest BCUT2D eigenvalue weighted by Crippen LogP contribution is 2.62. The quantitative estimate of drug-likeness (QED) is 0.414. The zero-order valence-electron chi connectivity index (χ0n) is 17.3. The van der Waals surface area contributed by atoms with Gasteiger partial charge in [0.15, 0.2) is 0 Å². The molecule has 2 aliphatic rings. The average molecular weight is 403 g/mol. The first kappa shape index (κ1) is 22.0. The van der Waals surface area contributed by atoms with Crippen LogP contribution >= 0.6 is 0 Å². The van der Waals surface area contributed by atoms with Crippen LogP contribution < -0.4 is 0 Å². The van der Waals surface area contributed by atoms with Gasteiger partial charge in [0.2, 0.25) is 0 Å². The van der Waals surface area contributed by atoms with Crippen LogP contribution in [0.15, 0.2) is 30.3 Å². The molecule has 1 aromatic rings. The number of carbonyl (C=O) groups excluding carboxylic acids is 2. The van der Waals surface area contributed by atoms with E-state index < -0.39 is 12.2 Å². The Bertz CT molecular complexity index is 673. The number of carbonyl (C=O) groups is 2. The van der Waals surface area contributed by atoms with Crippen molar-refractivity contribution in [1.29, 1.82) is 0 Å². The topological polar surface area (TPSA) is 83.8 Å². The summed E-state index contributed by atoms with van der Waals surface area (Å²) in [4.78, 5) is 23.4. The highest BCUT2D eigenvalue weighted by Gasteiger charge is 2.64. The van der Waals surface area contributed by atoms with Crippen LogP contribution in [0.3, 0.4) is 0 Å². The van der Waals surface area contributed by atoms with Crippen LogP contribution in [0.1, 0.15) is 56.9 Å². The second-order valence-electron chi connectivity index (χ2n) is 8.71.